The number of nitrogens with zero attached hydrogens (tertiary/aromatic N) is 1. The highest BCUT2D eigenvalue weighted by atomic mass is 16.5. The summed E-state index contributed by atoms with van der Waals surface area (Å²) in [4.78, 5) is 4.27. The van der Waals surface area contributed by atoms with Gasteiger partial charge in [-0.1, -0.05) is 13.8 Å². The minimum Gasteiger partial charge on any atom is -0.497 e. The average Bonchev–Trinajstić information content (AvgIpc) is 2.15. The normalized spacial score (nSPS) is 13.0. The molecule has 1 unspecified atom stereocenters. The molecule has 1 aromatic rings. The molecule has 1 heterocycles. The molecule has 3 heteroatoms. The van der Waals surface area contributed by atoms with Gasteiger partial charge in [-0.2, -0.15) is 0 Å². The summed E-state index contributed by atoms with van der Waals surface area (Å²) in [5, 5.41) is 9.82. The zero-order chi connectivity index (χ0) is 10.7. The number of aromatic nitrogens is 1. The molecule has 0 fully saturated rings. The SMILES string of the molecule is COc1cc(C)nc(C(O)C(C)C)c1. The van der Waals surface area contributed by atoms with Crippen LogP contribution in [-0.2, 0) is 0 Å². The van der Waals surface area contributed by atoms with Crippen molar-refractivity contribution in [2.24, 2.45) is 5.92 Å². The van der Waals surface area contributed by atoms with Gasteiger partial charge in [-0.25, -0.2) is 0 Å². The summed E-state index contributed by atoms with van der Waals surface area (Å²) in [5.74, 6) is 0.904. The third-order valence-corrected chi connectivity index (χ3v) is 2.12. The number of ether oxygens (including phenoxy) is 1. The second kappa shape index (κ2) is 4.42. The van der Waals surface area contributed by atoms with E-state index in [2.05, 4.69) is 4.98 Å². The number of aryl methyl sites for hydroxylation is 1. The van der Waals surface area contributed by atoms with E-state index in [1.54, 1.807) is 13.2 Å². The summed E-state index contributed by atoms with van der Waals surface area (Å²) in [5.41, 5.74) is 1.54. The first-order valence-electron chi connectivity index (χ1n) is 4.75. The van der Waals surface area contributed by atoms with Crippen LogP contribution in [0.3, 0.4) is 0 Å². The molecular formula is C11H17NO2. The molecule has 14 heavy (non-hydrogen) atoms. The molecule has 78 valence electrons. The Morgan fingerprint density at radius 1 is 1.36 bits per heavy atom. The van der Waals surface area contributed by atoms with E-state index in [9.17, 15) is 5.11 Å². The summed E-state index contributed by atoms with van der Waals surface area (Å²) < 4.78 is 5.11. The van der Waals surface area contributed by atoms with Gasteiger partial charge in [-0.15, -0.1) is 0 Å². The van der Waals surface area contributed by atoms with E-state index in [4.69, 9.17) is 4.74 Å². The van der Waals surface area contributed by atoms with Gasteiger partial charge in [0.1, 0.15) is 5.75 Å². The van der Waals surface area contributed by atoms with Gasteiger partial charge >= 0.3 is 0 Å². The lowest BCUT2D eigenvalue weighted by Crippen LogP contribution is -2.08. The molecule has 0 spiro atoms. The van der Waals surface area contributed by atoms with Crippen molar-refractivity contribution in [1.29, 1.82) is 0 Å². The van der Waals surface area contributed by atoms with Gasteiger partial charge in [0, 0.05) is 17.8 Å². The van der Waals surface area contributed by atoms with Crippen LogP contribution in [-0.4, -0.2) is 17.2 Å². The Morgan fingerprint density at radius 2 is 2.00 bits per heavy atom. The van der Waals surface area contributed by atoms with Crippen molar-refractivity contribution in [1.82, 2.24) is 4.98 Å². The fourth-order valence-electron chi connectivity index (χ4n) is 1.27. The number of pyridine rings is 1. The molecule has 1 rings (SSSR count). The van der Waals surface area contributed by atoms with Crippen LogP contribution in [0.2, 0.25) is 0 Å². The van der Waals surface area contributed by atoms with Gasteiger partial charge in [0.2, 0.25) is 0 Å². The molecule has 0 aliphatic carbocycles. The summed E-state index contributed by atoms with van der Waals surface area (Å²) in [6.07, 6.45) is -0.524. The van der Waals surface area contributed by atoms with Crippen LogP contribution in [0.5, 0.6) is 5.75 Å². The first-order valence-corrected chi connectivity index (χ1v) is 4.75. The molecule has 3 nitrogen and oxygen atoms in total. The van der Waals surface area contributed by atoms with E-state index in [1.165, 1.54) is 0 Å². The lowest BCUT2D eigenvalue weighted by atomic mass is 10.0. The lowest BCUT2D eigenvalue weighted by Gasteiger charge is -2.15. The second-order valence-electron chi connectivity index (χ2n) is 3.76. The maximum atomic E-state index is 9.82. The van der Waals surface area contributed by atoms with Crippen molar-refractivity contribution in [3.05, 3.63) is 23.5 Å². The number of hydrogen-bond donors (Lipinski definition) is 1. The highest BCUT2D eigenvalue weighted by molar-refractivity contribution is 5.27. The highest BCUT2D eigenvalue weighted by Crippen LogP contribution is 2.23. The molecule has 0 saturated carbocycles. The summed E-state index contributed by atoms with van der Waals surface area (Å²) in [7, 11) is 1.61. The van der Waals surface area contributed by atoms with Gasteiger partial charge in [-0.3, -0.25) is 4.98 Å². The van der Waals surface area contributed by atoms with Gasteiger partial charge < -0.3 is 9.84 Å². The zero-order valence-corrected chi connectivity index (χ0v) is 9.11. The summed E-state index contributed by atoms with van der Waals surface area (Å²) in [6, 6.07) is 3.62. The van der Waals surface area contributed by atoms with Crippen LogP contribution in [0, 0.1) is 12.8 Å². The van der Waals surface area contributed by atoms with Crippen LogP contribution < -0.4 is 4.74 Å². The van der Waals surface area contributed by atoms with Gasteiger partial charge in [0.15, 0.2) is 0 Å². The largest absolute Gasteiger partial charge is 0.497 e. The van der Waals surface area contributed by atoms with Crippen LogP contribution >= 0.6 is 0 Å². The number of hydrogen-bond acceptors (Lipinski definition) is 3. The Kier molecular flexibility index (Phi) is 3.47. The molecule has 0 bridgehead atoms. The van der Waals surface area contributed by atoms with Crippen molar-refractivity contribution in [2.45, 2.75) is 26.9 Å². The van der Waals surface area contributed by atoms with Crippen molar-refractivity contribution in [2.75, 3.05) is 7.11 Å². The van der Waals surface area contributed by atoms with E-state index < -0.39 is 6.10 Å². The minimum atomic E-state index is -0.524. The molecule has 0 amide bonds. The van der Waals surface area contributed by atoms with Crippen molar-refractivity contribution in [3.63, 3.8) is 0 Å². The van der Waals surface area contributed by atoms with Crippen molar-refractivity contribution in [3.8, 4) is 5.75 Å². The zero-order valence-electron chi connectivity index (χ0n) is 9.11. The van der Waals surface area contributed by atoms with Crippen LogP contribution in [0.1, 0.15) is 31.3 Å². The fraction of sp³-hybridized carbons (Fsp3) is 0.545. The average molecular weight is 195 g/mol. The molecule has 1 aromatic heterocycles. The Morgan fingerprint density at radius 3 is 2.50 bits per heavy atom. The second-order valence-corrected chi connectivity index (χ2v) is 3.76. The smallest absolute Gasteiger partial charge is 0.122 e. The molecule has 0 radical (unpaired) electrons. The van der Waals surface area contributed by atoms with Gasteiger partial charge in [0.05, 0.1) is 18.9 Å². The van der Waals surface area contributed by atoms with Crippen LogP contribution in [0.25, 0.3) is 0 Å². The topological polar surface area (TPSA) is 42.4 Å². The Balaban J connectivity index is 3.02. The van der Waals surface area contributed by atoms with Gasteiger partial charge in [-0.05, 0) is 12.8 Å². The Labute approximate surface area is 84.7 Å². The predicted octanol–water partition coefficient (Wildman–Crippen LogP) is 2.09. The molecule has 1 N–H and O–H groups in total. The third-order valence-electron chi connectivity index (χ3n) is 2.12. The standard InChI is InChI=1S/C11H17NO2/c1-7(2)11(13)10-6-9(14-4)5-8(3)12-10/h5-7,11,13H,1-4H3. The number of aliphatic hydroxyl groups is 1. The molecule has 1 atom stereocenters. The van der Waals surface area contributed by atoms with Crippen molar-refractivity contribution < 1.29 is 9.84 Å². The van der Waals surface area contributed by atoms with Gasteiger partial charge in [0.25, 0.3) is 0 Å². The third kappa shape index (κ3) is 2.45. The minimum absolute atomic E-state index is 0.161. The molecule has 0 aromatic carbocycles. The van der Waals surface area contributed by atoms with E-state index >= 15 is 0 Å². The van der Waals surface area contributed by atoms with E-state index in [-0.39, 0.29) is 5.92 Å². The number of aliphatic hydroxyl groups excluding tert-OH is 1. The first kappa shape index (κ1) is 11.0. The quantitative estimate of drug-likeness (QED) is 0.803. The monoisotopic (exact) mass is 195 g/mol. The molecule has 0 aliphatic heterocycles. The molecular weight excluding hydrogens is 178 g/mol. The maximum Gasteiger partial charge on any atom is 0.122 e. The number of rotatable bonds is 3. The summed E-state index contributed by atoms with van der Waals surface area (Å²) >= 11 is 0. The highest BCUT2D eigenvalue weighted by Gasteiger charge is 2.14. The van der Waals surface area contributed by atoms with Crippen LogP contribution in [0.15, 0.2) is 12.1 Å². The fourth-order valence-corrected chi connectivity index (χ4v) is 1.27. The van der Waals surface area contributed by atoms with Crippen molar-refractivity contribution >= 4 is 0 Å². The van der Waals surface area contributed by atoms with Crippen LogP contribution in [0.4, 0.5) is 0 Å². The Hall–Kier alpha value is -1.09. The summed E-state index contributed by atoms with van der Waals surface area (Å²) in [6.45, 7) is 5.81. The molecule has 0 aliphatic rings. The Bertz CT molecular complexity index is 310. The van der Waals surface area contributed by atoms with E-state index in [0.717, 1.165) is 11.4 Å². The first-order chi connectivity index (χ1) is 6.54. The lowest BCUT2D eigenvalue weighted by molar-refractivity contribution is 0.122. The predicted molar refractivity (Wildman–Crippen MR) is 55.3 cm³/mol. The van der Waals surface area contributed by atoms with E-state index in [0.29, 0.717) is 5.69 Å². The molecule has 0 saturated heterocycles. The van der Waals surface area contributed by atoms with E-state index in [1.807, 2.05) is 26.8 Å². The maximum absolute atomic E-state index is 9.82. The number of methoxy groups -OCH3 is 1.